The van der Waals surface area contributed by atoms with Gasteiger partial charge in [-0.1, -0.05) is 44.9 Å². The Morgan fingerprint density at radius 2 is 2.09 bits per heavy atom. The van der Waals surface area contributed by atoms with Crippen LogP contribution in [0.1, 0.15) is 68.6 Å². The van der Waals surface area contributed by atoms with E-state index in [1.54, 1.807) is 11.0 Å². The zero-order valence-electron chi connectivity index (χ0n) is 21.3. The van der Waals surface area contributed by atoms with Gasteiger partial charge in [0.2, 0.25) is 0 Å². The molecule has 2 amide bonds. The van der Waals surface area contributed by atoms with Crippen molar-refractivity contribution in [1.29, 1.82) is 0 Å². The lowest BCUT2D eigenvalue weighted by molar-refractivity contribution is 0.217. The number of hydrogen-bond donors (Lipinski definition) is 4. The zero-order valence-corrected chi connectivity index (χ0v) is 21.3. The third-order valence-electron chi connectivity index (χ3n) is 7.17. The summed E-state index contributed by atoms with van der Waals surface area (Å²) in [4.78, 5) is 19.1. The molecule has 1 aromatic heterocycles. The average molecular weight is 478 g/mol. The highest BCUT2D eigenvalue weighted by Crippen LogP contribution is 2.39. The summed E-state index contributed by atoms with van der Waals surface area (Å²) in [7, 11) is 0. The molecule has 1 atom stereocenters. The molecule has 35 heavy (non-hydrogen) atoms. The maximum atomic E-state index is 12.8. The number of rotatable bonds is 6. The third-order valence-corrected chi connectivity index (χ3v) is 7.17. The topological polar surface area (TPSA) is 89.5 Å². The van der Waals surface area contributed by atoms with Gasteiger partial charge in [0.25, 0.3) is 0 Å². The SMILES string of the molecule is C=C(NCC)N1Cc2c(C3CCCNC3)cc(-c3c(C)cccc3O)nc2NC1=O.CCC1CC1. The number of carbonyl (C=O) groups is 1. The molecule has 0 radical (unpaired) electrons. The van der Waals surface area contributed by atoms with Crippen molar-refractivity contribution < 1.29 is 9.90 Å². The van der Waals surface area contributed by atoms with Crippen LogP contribution >= 0.6 is 0 Å². The second-order valence-electron chi connectivity index (χ2n) is 9.78. The minimum Gasteiger partial charge on any atom is -0.507 e. The normalized spacial score (nSPS) is 19.2. The maximum Gasteiger partial charge on any atom is 0.328 e. The number of aromatic hydroxyl groups is 1. The summed E-state index contributed by atoms with van der Waals surface area (Å²) < 4.78 is 0. The van der Waals surface area contributed by atoms with Crippen molar-refractivity contribution in [3.05, 3.63) is 53.4 Å². The molecule has 1 saturated carbocycles. The van der Waals surface area contributed by atoms with E-state index in [0.29, 0.717) is 41.9 Å². The van der Waals surface area contributed by atoms with Crippen LogP contribution in [0.15, 0.2) is 36.7 Å². The van der Waals surface area contributed by atoms with E-state index in [9.17, 15) is 9.90 Å². The summed E-state index contributed by atoms with van der Waals surface area (Å²) >= 11 is 0. The van der Waals surface area contributed by atoms with E-state index in [-0.39, 0.29) is 11.8 Å². The van der Waals surface area contributed by atoms with Crippen molar-refractivity contribution in [3.8, 4) is 17.0 Å². The Kier molecular flexibility index (Phi) is 7.96. The predicted octanol–water partition coefficient (Wildman–Crippen LogP) is 5.46. The Balaban J connectivity index is 0.000000514. The first-order chi connectivity index (χ1) is 16.9. The highest BCUT2D eigenvalue weighted by atomic mass is 16.3. The molecule has 1 aliphatic carbocycles. The molecule has 188 valence electrons. The van der Waals surface area contributed by atoms with Gasteiger partial charge in [-0.25, -0.2) is 9.78 Å². The number of aromatic nitrogens is 1. The summed E-state index contributed by atoms with van der Waals surface area (Å²) in [5, 5.41) is 20.1. The fourth-order valence-corrected chi connectivity index (χ4v) is 4.90. The van der Waals surface area contributed by atoms with Crippen LogP contribution in [-0.4, -0.2) is 40.7 Å². The maximum absolute atomic E-state index is 12.8. The van der Waals surface area contributed by atoms with E-state index in [1.807, 2.05) is 26.0 Å². The van der Waals surface area contributed by atoms with Crippen LogP contribution in [0.4, 0.5) is 10.6 Å². The number of phenols is 1. The first kappa shape index (κ1) is 25.0. The molecule has 2 aliphatic heterocycles. The molecule has 0 bridgehead atoms. The van der Waals surface area contributed by atoms with E-state index < -0.39 is 0 Å². The van der Waals surface area contributed by atoms with Crippen molar-refractivity contribution in [3.63, 3.8) is 0 Å². The summed E-state index contributed by atoms with van der Waals surface area (Å²) in [6.45, 7) is 13.2. The number of benzene rings is 1. The summed E-state index contributed by atoms with van der Waals surface area (Å²) in [5.41, 5.74) is 4.51. The van der Waals surface area contributed by atoms with Gasteiger partial charge < -0.3 is 15.7 Å². The zero-order chi connectivity index (χ0) is 24.9. The van der Waals surface area contributed by atoms with E-state index in [1.165, 1.54) is 24.8 Å². The summed E-state index contributed by atoms with van der Waals surface area (Å²) in [6, 6.07) is 7.29. The van der Waals surface area contributed by atoms with E-state index in [2.05, 4.69) is 35.5 Å². The fraction of sp³-hybridized carbons (Fsp3) is 0.500. The molecule has 1 aromatic carbocycles. The lowest BCUT2D eigenvalue weighted by Gasteiger charge is -2.34. The van der Waals surface area contributed by atoms with Gasteiger partial charge in [0.15, 0.2) is 0 Å². The molecule has 1 saturated heterocycles. The number of carbonyl (C=O) groups excluding carboxylic acids is 1. The van der Waals surface area contributed by atoms with Crippen molar-refractivity contribution in [2.75, 3.05) is 25.0 Å². The van der Waals surface area contributed by atoms with Gasteiger partial charge in [-0.2, -0.15) is 0 Å². The average Bonchev–Trinajstić information content (AvgIpc) is 3.69. The highest BCUT2D eigenvalue weighted by molar-refractivity contribution is 5.93. The summed E-state index contributed by atoms with van der Waals surface area (Å²) in [6.07, 6.45) is 6.62. The number of piperidine rings is 1. The predicted molar refractivity (Wildman–Crippen MR) is 141 cm³/mol. The van der Waals surface area contributed by atoms with Gasteiger partial charge in [0.1, 0.15) is 17.4 Å². The molecule has 2 fully saturated rings. The van der Waals surface area contributed by atoms with Crippen LogP contribution in [0.25, 0.3) is 11.3 Å². The molecule has 4 N–H and O–H groups in total. The number of nitrogens with zero attached hydrogens (tertiary/aromatic N) is 2. The highest BCUT2D eigenvalue weighted by Gasteiger charge is 2.31. The Bertz CT molecular complexity index is 1050. The summed E-state index contributed by atoms with van der Waals surface area (Å²) in [5.74, 6) is 2.80. The number of aryl methyl sites for hydroxylation is 1. The van der Waals surface area contributed by atoms with Gasteiger partial charge in [-0.15, -0.1) is 0 Å². The first-order valence-electron chi connectivity index (χ1n) is 13.0. The van der Waals surface area contributed by atoms with E-state index >= 15 is 0 Å². The molecule has 3 heterocycles. The number of nitrogens with one attached hydrogen (secondary N) is 3. The minimum absolute atomic E-state index is 0.194. The second kappa shape index (κ2) is 11.1. The Morgan fingerprint density at radius 3 is 2.69 bits per heavy atom. The number of fused-ring (bicyclic) bond motifs is 1. The Hall–Kier alpha value is -3.06. The van der Waals surface area contributed by atoms with E-state index in [0.717, 1.165) is 43.0 Å². The van der Waals surface area contributed by atoms with Crippen LogP contribution in [0, 0.1) is 12.8 Å². The van der Waals surface area contributed by atoms with E-state index in [4.69, 9.17) is 4.98 Å². The molecular weight excluding hydrogens is 438 g/mol. The van der Waals surface area contributed by atoms with Crippen LogP contribution in [-0.2, 0) is 6.54 Å². The molecule has 5 rings (SSSR count). The lowest BCUT2D eigenvalue weighted by atomic mass is 9.86. The third kappa shape index (κ3) is 5.78. The number of urea groups is 1. The molecule has 1 unspecified atom stereocenters. The molecule has 3 aliphatic rings. The standard InChI is InChI=1S/C23H29N5O2.C5H10/c1-4-25-15(3)28-13-18-17(16-8-6-10-24-12-16)11-19(26-22(18)27-23(28)30)21-14(2)7-5-9-20(21)29;1-2-5-3-4-5/h5,7,9,11,16,24-25,29H,3-4,6,8,10,12-13H2,1-2H3,(H,26,27,30);5H,2-4H2,1H3. The van der Waals surface area contributed by atoms with Crippen LogP contribution in [0.3, 0.4) is 0 Å². The lowest BCUT2D eigenvalue weighted by Crippen LogP contribution is -2.43. The molecule has 2 aromatic rings. The quantitative estimate of drug-likeness (QED) is 0.443. The van der Waals surface area contributed by atoms with Crippen molar-refractivity contribution in [1.82, 2.24) is 20.5 Å². The smallest absolute Gasteiger partial charge is 0.328 e. The van der Waals surface area contributed by atoms with Crippen LogP contribution in [0.2, 0.25) is 0 Å². The second-order valence-corrected chi connectivity index (χ2v) is 9.78. The Morgan fingerprint density at radius 1 is 1.29 bits per heavy atom. The molecule has 7 heteroatoms. The van der Waals surface area contributed by atoms with Crippen LogP contribution < -0.4 is 16.0 Å². The number of hydrogen-bond acceptors (Lipinski definition) is 5. The van der Waals surface area contributed by atoms with Crippen molar-refractivity contribution >= 4 is 11.8 Å². The van der Waals surface area contributed by atoms with Gasteiger partial charge in [0.05, 0.1) is 12.2 Å². The van der Waals surface area contributed by atoms with Crippen molar-refractivity contribution in [2.24, 2.45) is 5.92 Å². The monoisotopic (exact) mass is 477 g/mol. The molecular formula is C28H39N5O2. The molecule has 0 spiro atoms. The first-order valence-corrected chi connectivity index (χ1v) is 13.0. The number of pyridine rings is 1. The fourth-order valence-electron chi connectivity index (χ4n) is 4.90. The Labute approximate surface area is 209 Å². The van der Waals surface area contributed by atoms with Gasteiger partial charge in [-0.3, -0.25) is 10.2 Å². The van der Waals surface area contributed by atoms with Gasteiger partial charge in [0, 0.05) is 24.2 Å². The number of phenolic OH excluding ortho intramolecular Hbond substituents is 1. The number of anilines is 1. The number of amides is 2. The molecule has 7 nitrogen and oxygen atoms in total. The minimum atomic E-state index is -0.250. The van der Waals surface area contributed by atoms with Crippen molar-refractivity contribution in [2.45, 2.75) is 65.3 Å². The van der Waals surface area contributed by atoms with Crippen LogP contribution in [0.5, 0.6) is 5.75 Å². The van der Waals surface area contributed by atoms with Gasteiger partial charge >= 0.3 is 6.03 Å². The largest absolute Gasteiger partial charge is 0.507 e. The van der Waals surface area contributed by atoms with Gasteiger partial charge in [-0.05, 0) is 68.3 Å².